The molecule has 0 unspecified atom stereocenters. The molecule has 2 heterocycles. The molecule has 0 saturated carbocycles. The van der Waals surface area contributed by atoms with Gasteiger partial charge in [0, 0.05) is 34.9 Å². The first-order valence-electron chi connectivity index (χ1n) is 9.97. The van der Waals surface area contributed by atoms with Crippen molar-refractivity contribution in [2.24, 2.45) is 0 Å². The topological polar surface area (TPSA) is 76.7 Å². The van der Waals surface area contributed by atoms with Crippen LogP contribution in [0.5, 0.6) is 11.5 Å². The summed E-state index contributed by atoms with van der Waals surface area (Å²) in [4.78, 5) is 27.1. The number of anilines is 1. The van der Waals surface area contributed by atoms with Crippen LogP contribution in [0.25, 0.3) is 0 Å². The summed E-state index contributed by atoms with van der Waals surface area (Å²) in [7, 11) is 0. The van der Waals surface area contributed by atoms with Gasteiger partial charge in [-0.25, -0.2) is 0 Å². The number of hydrogen-bond acceptors (Lipinski definition) is 6. The van der Waals surface area contributed by atoms with Gasteiger partial charge >= 0.3 is 0 Å². The number of thiophene rings is 1. The SMILES string of the molecule is O=C(CCCNC(=O)c1cccs1)Nc1cc2c(cc1Sc1ccccc1)OCCO2. The minimum absolute atomic E-state index is 0.108. The number of amides is 2. The highest BCUT2D eigenvalue weighted by molar-refractivity contribution is 7.99. The molecule has 4 rings (SSSR count). The molecule has 160 valence electrons. The van der Waals surface area contributed by atoms with E-state index < -0.39 is 0 Å². The van der Waals surface area contributed by atoms with Crippen molar-refractivity contribution in [3.63, 3.8) is 0 Å². The molecule has 1 aliphatic heterocycles. The maximum atomic E-state index is 12.6. The lowest BCUT2D eigenvalue weighted by atomic mass is 10.2. The molecule has 6 nitrogen and oxygen atoms in total. The van der Waals surface area contributed by atoms with E-state index in [4.69, 9.17) is 9.47 Å². The van der Waals surface area contributed by atoms with Crippen LogP contribution in [-0.2, 0) is 4.79 Å². The normalized spacial score (nSPS) is 12.3. The van der Waals surface area contributed by atoms with Gasteiger partial charge in [-0.3, -0.25) is 9.59 Å². The van der Waals surface area contributed by atoms with Crippen molar-refractivity contribution in [1.29, 1.82) is 0 Å². The number of ether oxygens (including phenoxy) is 2. The number of benzene rings is 2. The molecule has 3 aromatic rings. The summed E-state index contributed by atoms with van der Waals surface area (Å²) in [5.41, 5.74) is 0.686. The smallest absolute Gasteiger partial charge is 0.261 e. The van der Waals surface area contributed by atoms with Gasteiger partial charge in [0.1, 0.15) is 13.2 Å². The quantitative estimate of drug-likeness (QED) is 0.477. The van der Waals surface area contributed by atoms with Crippen LogP contribution in [0.2, 0.25) is 0 Å². The highest BCUT2D eigenvalue weighted by Crippen LogP contribution is 2.42. The third-order valence-corrected chi connectivity index (χ3v) is 6.43. The van der Waals surface area contributed by atoms with Gasteiger partial charge in [-0.05, 0) is 30.0 Å². The summed E-state index contributed by atoms with van der Waals surface area (Å²) in [5.74, 6) is 1.09. The third kappa shape index (κ3) is 5.80. The number of carbonyl (C=O) groups is 2. The molecular weight excluding hydrogens is 432 g/mol. The van der Waals surface area contributed by atoms with Crippen molar-refractivity contribution >= 4 is 40.6 Å². The highest BCUT2D eigenvalue weighted by atomic mass is 32.2. The van der Waals surface area contributed by atoms with E-state index in [1.54, 1.807) is 17.8 Å². The van der Waals surface area contributed by atoms with Crippen LogP contribution in [-0.4, -0.2) is 31.6 Å². The lowest BCUT2D eigenvalue weighted by Gasteiger charge is -2.21. The molecule has 8 heteroatoms. The summed E-state index contributed by atoms with van der Waals surface area (Å²) in [5, 5.41) is 7.69. The van der Waals surface area contributed by atoms with E-state index >= 15 is 0 Å². The molecule has 0 radical (unpaired) electrons. The number of hydrogen-bond donors (Lipinski definition) is 2. The van der Waals surface area contributed by atoms with E-state index in [0.717, 1.165) is 9.79 Å². The Morgan fingerprint density at radius 1 is 1.00 bits per heavy atom. The molecule has 0 bridgehead atoms. The molecule has 0 saturated heterocycles. The number of fused-ring (bicyclic) bond motifs is 1. The summed E-state index contributed by atoms with van der Waals surface area (Å²) in [6.45, 7) is 1.43. The summed E-state index contributed by atoms with van der Waals surface area (Å²) < 4.78 is 11.4. The van der Waals surface area contributed by atoms with Gasteiger partial charge in [0.15, 0.2) is 11.5 Å². The van der Waals surface area contributed by atoms with Crippen molar-refractivity contribution in [3.8, 4) is 11.5 Å². The monoisotopic (exact) mass is 454 g/mol. The fourth-order valence-electron chi connectivity index (χ4n) is 3.03. The Morgan fingerprint density at radius 3 is 2.52 bits per heavy atom. The van der Waals surface area contributed by atoms with Crippen LogP contribution in [0.4, 0.5) is 5.69 Å². The zero-order chi connectivity index (χ0) is 21.5. The fourth-order valence-corrected chi connectivity index (χ4v) is 4.60. The van der Waals surface area contributed by atoms with Gasteiger partial charge in [-0.15, -0.1) is 11.3 Å². The number of carbonyl (C=O) groups excluding carboxylic acids is 2. The first-order valence-corrected chi connectivity index (χ1v) is 11.7. The standard InChI is InChI=1S/C23H22N2O4S2/c26-22(9-4-10-24-23(27)20-8-5-13-30-20)25-17-14-18-19(29-12-11-28-18)15-21(17)31-16-6-2-1-3-7-16/h1-3,5-8,13-15H,4,9-12H2,(H,24,27)(H,25,26). The predicted molar refractivity (Wildman–Crippen MR) is 123 cm³/mol. The number of nitrogens with one attached hydrogen (secondary N) is 2. The minimum atomic E-state index is -0.114. The first-order chi connectivity index (χ1) is 15.2. The van der Waals surface area contributed by atoms with Gasteiger partial charge in [0.2, 0.25) is 5.91 Å². The van der Waals surface area contributed by atoms with Crippen LogP contribution >= 0.6 is 23.1 Å². The summed E-state index contributed by atoms with van der Waals surface area (Å²) >= 11 is 2.95. The molecular formula is C23H22N2O4S2. The lowest BCUT2D eigenvalue weighted by Crippen LogP contribution is -2.24. The average Bonchev–Trinajstić information content (AvgIpc) is 3.33. The second kappa shape index (κ2) is 10.4. The van der Waals surface area contributed by atoms with Crippen LogP contribution in [0.15, 0.2) is 69.8 Å². The molecule has 0 spiro atoms. The maximum Gasteiger partial charge on any atom is 0.261 e. The largest absolute Gasteiger partial charge is 0.486 e. The molecule has 0 atom stereocenters. The molecule has 0 fully saturated rings. The van der Waals surface area contributed by atoms with Crippen LogP contribution in [0.3, 0.4) is 0 Å². The van der Waals surface area contributed by atoms with Gasteiger partial charge in [-0.1, -0.05) is 36.0 Å². The lowest BCUT2D eigenvalue weighted by molar-refractivity contribution is -0.116. The zero-order valence-electron chi connectivity index (χ0n) is 16.8. The van der Waals surface area contributed by atoms with E-state index in [0.29, 0.717) is 54.7 Å². The fraction of sp³-hybridized carbons (Fsp3) is 0.217. The highest BCUT2D eigenvalue weighted by Gasteiger charge is 2.18. The van der Waals surface area contributed by atoms with E-state index in [1.807, 2.05) is 53.9 Å². The Kier molecular flexibility index (Phi) is 7.11. The zero-order valence-corrected chi connectivity index (χ0v) is 18.4. The van der Waals surface area contributed by atoms with E-state index in [-0.39, 0.29) is 11.8 Å². The van der Waals surface area contributed by atoms with Crippen molar-refractivity contribution in [2.45, 2.75) is 22.6 Å². The molecule has 2 amide bonds. The first kappa shape index (κ1) is 21.3. The predicted octanol–water partition coefficient (Wildman–Crippen LogP) is 4.82. The second-order valence-corrected chi connectivity index (χ2v) is 8.86. The Labute approximate surface area is 189 Å². The van der Waals surface area contributed by atoms with Crippen molar-refractivity contribution in [2.75, 3.05) is 25.1 Å². The van der Waals surface area contributed by atoms with Crippen molar-refractivity contribution in [3.05, 3.63) is 64.9 Å². The van der Waals surface area contributed by atoms with Crippen LogP contribution < -0.4 is 20.1 Å². The van der Waals surface area contributed by atoms with Gasteiger partial charge in [0.05, 0.1) is 10.6 Å². The van der Waals surface area contributed by atoms with Crippen molar-refractivity contribution in [1.82, 2.24) is 5.32 Å². The average molecular weight is 455 g/mol. The Bertz CT molecular complexity index is 1040. The van der Waals surface area contributed by atoms with Crippen LogP contribution in [0.1, 0.15) is 22.5 Å². The van der Waals surface area contributed by atoms with Gasteiger partial charge < -0.3 is 20.1 Å². The van der Waals surface area contributed by atoms with Gasteiger partial charge in [0.25, 0.3) is 5.91 Å². The van der Waals surface area contributed by atoms with Crippen molar-refractivity contribution < 1.29 is 19.1 Å². The Morgan fingerprint density at radius 2 is 1.77 bits per heavy atom. The Hall–Kier alpha value is -2.97. The molecule has 1 aliphatic rings. The summed E-state index contributed by atoms with van der Waals surface area (Å²) in [6, 6.07) is 17.3. The van der Waals surface area contributed by atoms with Gasteiger partial charge in [-0.2, -0.15) is 0 Å². The van der Waals surface area contributed by atoms with Crippen LogP contribution in [0, 0.1) is 0 Å². The molecule has 2 N–H and O–H groups in total. The summed E-state index contributed by atoms with van der Waals surface area (Å²) in [6.07, 6.45) is 0.850. The van der Waals surface area contributed by atoms with E-state index in [9.17, 15) is 9.59 Å². The molecule has 31 heavy (non-hydrogen) atoms. The maximum absolute atomic E-state index is 12.6. The minimum Gasteiger partial charge on any atom is -0.486 e. The number of rotatable bonds is 8. The van der Waals surface area contributed by atoms with E-state index in [1.165, 1.54) is 11.3 Å². The third-order valence-electron chi connectivity index (χ3n) is 4.50. The molecule has 2 aromatic carbocycles. The molecule has 0 aliphatic carbocycles. The Balaban J connectivity index is 1.38. The second-order valence-electron chi connectivity index (χ2n) is 6.79. The van der Waals surface area contributed by atoms with E-state index in [2.05, 4.69) is 10.6 Å². The molecule has 1 aromatic heterocycles.